The third-order valence-corrected chi connectivity index (χ3v) is 4.22. The van der Waals surface area contributed by atoms with Crippen molar-refractivity contribution < 1.29 is 0 Å². The highest BCUT2D eigenvalue weighted by Gasteiger charge is 2.31. The minimum Gasteiger partial charge on any atom is -0.367 e. The molecule has 0 aliphatic carbocycles. The van der Waals surface area contributed by atoms with Gasteiger partial charge in [0.25, 0.3) is 0 Å². The number of nitriles is 1. The maximum absolute atomic E-state index is 9.42. The molecule has 1 aromatic rings. The fourth-order valence-electron chi connectivity index (χ4n) is 2.71. The van der Waals surface area contributed by atoms with Gasteiger partial charge in [-0.2, -0.15) is 5.26 Å². The van der Waals surface area contributed by atoms with Gasteiger partial charge in [-0.15, -0.1) is 0 Å². The zero-order valence-electron chi connectivity index (χ0n) is 12.9. The van der Waals surface area contributed by atoms with Crippen molar-refractivity contribution in [1.29, 1.82) is 5.26 Å². The van der Waals surface area contributed by atoms with Gasteiger partial charge in [-0.05, 0) is 45.6 Å². The SMILES string of the molecule is CNCc1ccc(N2CCN(C)C(C)(C)C2)c(C#N)c1. The second-order valence-corrected chi connectivity index (χ2v) is 6.15. The van der Waals surface area contributed by atoms with Crippen LogP contribution in [-0.4, -0.2) is 44.2 Å². The molecule has 1 fully saturated rings. The first-order valence-electron chi connectivity index (χ1n) is 7.12. The van der Waals surface area contributed by atoms with Crippen molar-refractivity contribution in [2.45, 2.75) is 25.9 Å². The molecule has 0 bridgehead atoms. The molecule has 1 heterocycles. The molecule has 0 spiro atoms. The Kier molecular flexibility index (Phi) is 4.32. The number of likely N-dealkylation sites (N-methyl/N-ethyl adjacent to an activating group) is 1. The van der Waals surface area contributed by atoms with Crippen LogP contribution in [0.25, 0.3) is 0 Å². The van der Waals surface area contributed by atoms with Crippen molar-refractivity contribution in [2.75, 3.05) is 38.6 Å². The van der Waals surface area contributed by atoms with Crippen LogP contribution < -0.4 is 10.2 Å². The van der Waals surface area contributed by atoms with E-state index in [9.17, 15) is 5.26 Å². The van der Waals surface area contributed by atoms with E-state index in [1.807, 2.05) is 13.1 Å². The summed E-state index contributed by atoms with van der Waals surface area (Å²) in [4.78, 5) is 4.71. The lowest BCUT2D eigenvalue weighted by molar-refractivity contribution is 0.139. The normalized spacial score (nSPS) is 18.9. The Balaban J connectivity index is 2.27. The van der Waals surface area contributed by atoms with Crippen molar-refractivity contribution in [1.82, 2.24) is 10.2 Å². The van der Waals surface area contributed by atoms with E-state index in [1.165, 1.54) is 0 Å². The van der Waals surface area contributed by atoms with Gasteiger partial charge in [-0.1, -0.05) is 6.07 Å². The van der Waals surface area contributed by atoms with Crippen molar-refractivity contribution in [3.63, 3.8) is 0 Å². The molecule has 0 atom stereocenters. The largest absolute Gasteiger partial charge is 0.367 e. The van der Waals surface area contributed by atoms with Crippen LogP contribution in [0.4, 0.5) is 5.69 Å². The molecule has 108 valence electrons. The molecule has 20 heavy (non-hydrogen) atoms. The molecular formula is C16H24N4. The third kappa shape index (κ3) is 2.95. The summed E-state index contributed by atoms with van der Waals surface area (Å²) in [5.41, 5.74) is 3.13. The van der Waals surface area contributed by atoms with Gasteiger partial charge in [-0.25, -0.2) is 0 Å². The molecule has 1 aliphatic heterocycles. The molecule has 1 N–H and O–H groups in total. The lowest BCUT2D eigenvalue weighted by Gasteiger charge is -2.46. The number of anilines is 1. The standard InChI is InChI=1S/C16H24N4/c1-16(2)12-20(8-7-19(16)4)15-6-5-13(11-18-3)9-14(15)10-17/h5-6,9,18H,7-8,11-12H2,1-4H3. The van der Waals surface area contributed by atoms with Gasteiger partial charge in [0.1, 0.15) is 6.07 Å². The van der Waals surface area contributed by atoms with Crippen LogP contribution in [0.5, 0.6) is 0 Å². The van der Waals surface area contributed by atoms with Crippen molar-refractivity contribution in [2.24, 2.45) is 0 Å². The van der Waals surface area contributed by atoms with E-state index in [-0.39, 0.29) is 5.54 Å². The molecule has 0 unspecified atom stereocenters. The van der Waals surface area contributed by atoms with E-state index in [4.69, 9.17) is 0 Å². The molecule has 1 aromatic carbocycles. The smallest absolute Gasteiger partial charge is 0.101 e. The second kappa shape index (κ2) is 5.82. The highest BCUT2D eigenvalue weighted by Crippen LogP contribution is 2.27. The highest BCUT2D eigenvalue weighted by molar-refractivity contribution is 5.61. The molecule has 0 radical (unpaired) electrons. The van der Waals surface area contributed by atoms with Gasteiger partial charge < -0.3 is 10.2 Å². The summed E-state index contributed by atoms with van der Waals surface area (Å²) < 4.78 is 0. The van der Waals surface area contributed by atoms with Gasteiger partial charge in [0.15, 0.2) is 0 Å². The summed E-state index contributed by atoms with van der Waals surface area (Å²) in [6, 6.07) is 8.54. The molecule has 1 saturated heterocycles. The monoisotopic (exact) mass is 272 g/mol. The molecule has 4 nitrogen and oxygen atoms in total. The van der Waals surface area contributed by atoms with Gasteiger partial charge in [0, 0.05) is 31.7 Å². The molecular weight excluding hydrogens is 248 g/mol. The van der Waals surface area contributed by atoms with Gasteiger partial charge >= 0.3 is 0 Å². The average Bonchev–Trinajstić information content (AvgIpc) is 2.42. The van der Waals surface area contributed by atoms with Gasteiger partial charge in [0.05, 0.1) is 11.3 Å². The van der Waals surface area contributed by atoms with Crippen molar-refractivity contribution >= 4 is 5.69 Å². The lowest BCUT2D eigenvalue weighted by Crippen LogP contribution is -2.57. The molecule has 2 rings (SSSR count). The number of piperazine rings is 1. The quantitative estimate of drug-likeness (QED) is 0.911. The van der Waals surface area contributed by atoms with E-state index in [2.05, 4.69) is 54.2 Å². The van der Waals surface area contributed by atoms with Crippen LogP contribution in [0.3, 0.4) is 0 Å². The Labute approximate surface area is 122 Å². The summed E-state index contributed by atoms with van der Waals surface area (Å²) in [5.74, 6) is 0. The zero-order valence-corrected chi connectivity index (χ0v) is 12.9. The lowest BCUT2D eigenvalue weighted by atomic mass is 9.98. The van der Waals surface area contributed by atoms with Crippen LogP contribution in [0, 0.1) is 11.3 Å². The number of benzene rings is 1. The average molecular weight is 272 g/mol. The second-order valence-electron chi connectivity index (χ2n) is 6.15. The third-order valence-electron chi connectivity index (χ3n) is 4.22. The summed E-state index contributed by atoms with van der Waals surface area (Å²) in [6.07, 6.45) is 0. The minimum atomic E-state index is 0.134. The van der Waals surface area contributed by atoms with Crippen molar-refractivity contribution in [3.05, 3.63) is 29.3 Å². The molecule has 4 heteroatoms. The van der Waals surface area contributed by atoms with Crippen LogP contribution in [0.15, 0.2) is 18.2 Å². The van der Waals surface area contributed by atoms with Crippen LogP contribution in [-0.2, 0) is 6.54 Å². The first-order chi connectivity index (χ1) is 9.47. The molecule has 0 saturated carbocycles. The highest BCUT2D eigenvalue weighted by atomic mass is 15.3. The van der Waals surface area contributed by atoms with E-state index in [0.717, 1.165) is 43.0 Å². The van der Waals surface area contributed by atoms with E-state index in [0.29, 0.717) is 0 Å². The van der Waals surface area contributed by atoms with Crippen molar-refractivity contribution in [3.8, 4) is 6.07 Å². The number of nitrogens with zero attached hydrogens (tertiary/aromatic N) is 3. The molecule has 1 aliphatic rings. The van der Waals surface area contributed by atoms with Crippen LogP contribution in [0.1, 0.15) is 25.0 Å². The Morgan fingerprint density at radius 1 is 1.35 bits per heavy atom. The maximum atomic E-state index is 9.42. The van der Waals surface area contributed by atoms with E-state index in [1.54, 1.807) is 0 Å². The predicted molar refractivity (Wildman–Crippen MR) is 82.8 cm³/mol. The number of hydrogen-bond donors (Lipinski definition) is 1. The van der Waals surface area contributed by atoms with Gasteiger partial charge in [0.2, 0.25) is 0 Å². The fraction of sp³-hybridized carbons (Fsp3) is 0.562. The van der Waals surface area contributed by atoms with E-state index < -0.39 is 0 Å². The number of rotatable bonds is 3. The Hall–Kier alpha value is -1.57. The first-order valence-corrected chi connectivity index (χ1v) is 7.12. The first kappa shape index (κ1) is 14.8. The van der Waals surface area contributed by atoms with Crippen LogP contribution in [0.2, 0.25) is 0 Å². The Morgan fingerprint density at radius 2 is 2.10 bits per heavy atom. The summed E-state index contributed by atoms with van der Waals surface area (Å²) in [5, 5.41) is 12.5. The zero-order chi connectivity index (χ0) is 14.8. The minimum absolute atomic E-state index is 0.134. The van der Waals surface area contributed by atoms with E-state index >= 15 is 0 Å². The Bertz CT molecular complexity index is 516. The number of nitrogens with one attached hydrogen (secondary N) is 1. The maximum Gasteiger partial charge on any atom is 0.101 e. The number of hydrogen-bond acceptors (Lipinski definition) is 4. The van der Waals surface area contributed by atoms with Crippen LogP contribution >= 0.6 is 0 Å². The van der Waals surface area contributed by atoms with Gasteiger partial charge in [-0.3, -0.25) is 4.90 Å². The summed E-state index contributed by atoms with van der Waals surface area (Å²) >= 11 is 0. The summed E-state index contributed by atoms with van der Waals surface area (Å²) in [6.45, 7) is 8.24. The Morgan fingerprint density at radius 3 is 2.70 bits per heavy atom. The fourth-order valence-corrected chi connectivity index (χ4v) is 2.71. The summed E-state index contributed by atoms with van der Waals surface area (Å²) in [7, 11) is 4.08. The molecule has 0 aromatic heterocycles. The topological polar surface area (TPSA) is 42.3 Å². The predicted octanol–water partition coefficient (Wildman–Crippen LogP) is 1.81. The molecule has 0 amide bonds.